The van der Waals surface area contributed by atoms with E-state index in [4.69, 9.17) is 4.74 Å². The van der Waals surface area contributed by atoms with Gasteiger partial charge in [-0.1, -0.05) is 6.07 Å². The Bertz CT molecular complexity index is 712. The first-order valence-corrected chi connectivity index (χ1v) is 7.15. The van der Waals surface area contributed by atoms with E-state index in [1.165, 1.54) is 13.3 Å². The van der Waals surface area contributed by atoms with Crippen LogP contribution in [0.25, 0.3) is 0 Å². The molecule has 1 aromatic carbocycles. The molecule has 0 unspecified atom stereocenters. The lowest BCUT2D eigenvalue weighted by Gasteiger charge is -2.08. The zero-order valence-electron chi connectivity index (χ0n) is 13.3. The summed E-state index contributed by atoms with van der Waals surface area (Å²) in [5.74, 6) is -0.142. The van der Waals surface area contributed by atoms with Crippen molar-refractivity contribution in [1.29, 1.82) is 0 Å². The van der Waals surface area contributed by atoms with Crippen LogP contribution in [0.2, 0.25) is 0 Å². The number of rotatable bonds is 5. The van der Waals surface area contributed by atoms with Gasteiger partial charge in [-0.3, -0.25) is 9.59 Å². The van der Waals surface area contributed by atoms with Gasteiger partial charge in [0, 0.05) is 11.6 Å². The number of ether oxygens (including phenoxy) is 1. The highest BCUT2D eigenvalue weighted by Crippen LogP contribution is 2.11. The van der Waals surface area contributed by atoms with E-state index in [9.17, 15) is 9.59 Å². The Labute approximate surface area is 134 Å². The summed E-state index contributed by atoms with van der Waals surface area (Å²) in [6, 6.07) is 8.74. The third kappa shape index (κ3) is 4.54. The van der Waals surface area contributed by atoms with Crippen LogP contribution in [-0.4, -0.2) is 30.5 Å². The smallest absolute Gasteiger partial charge is 0.251 e. The number of benzene rings is 1. The Morgan fingerprint density at radius 1 is 1.13 bits per heavy atom. The summed E-state index contributed by atoms with van der Waals surface area (Å²) in [5.41, 5.74) is 3.22. The van der Waals surface area contributed by atoms with E-state index in [1.54, 1.807) is 24.3 Å². The molecular weight excluding hydrogens is 294 g/mol. The molecule has 6 heteroatoms. The molecule has 0 aliphatic heterocycles. The Morgan fingerprint density at radius 3 is 2.52 bits per heavy atom. The molecule has 0 saturated carbocycles. The molecule has 1 heterocycles. The van der Waals surface area contributed by atoms with E-state index < -0.39 is 0 Å². The van der Waals surface area contributed by atoms with Gasteiger partial charge in [0.05, 0.1) is 25.5 Å². The molecule has 0 saturated heterocycles. The summed E-state index contributed by atoms with van der Waals surface area (Å²) in [6.07, 6.45) is 1.49. The van der Waals surface area contributed by atoms with Crippen LogP contribution < -0.4 is 15.4 Å². The van der Waals surface area contributed by atoms with Gasteiger partial charge in [0.2, 0.25) is 11.8 Å². The summed E-state index contributed by atoms with van der Waals surface area (Å²) in [4.78, 5) is 27.9. The average Bonchev–Trinajstić information content (AvgIpc) is 2.56. The minimum Gasteiger partial charge on any atom is -0.481 e. The molecule has 0 radical (unpaired) electrons. The molecule has 0 fully saturated rings. The van der Waals surface area contributed by atoms with E-state index in [-0.39, 0.29) is 18.4 Å². The maximum absolute atomic E-state index is 12.0. The summed E-state index contributed by atoms with van der Waals surface area (Å²) >= 11 is 0. The van der Waals surface area contributed by atoms with Crippen LogP contribution in [0.1, 0.15) is 21.5 Å². The van der Waals surface area contributed by atoms with Crippen molar-refractivity contribution in [3.8, 4) is 5.88 Å². The van der Waals surface area contributed by atoms with Gasteiger partial charge >= 0.3 is 0 Å². The first-order chi connectivity index (χ1) is 11.0. The number of aryl methyl sites for hydroxylation is 2. The van der Waals surface area contributed by atoms with Crippen LogP contribution in [0.3, 0.4) is 0 Å². The van der Waals surface area contributed by atoms with Gasteiger partial charge < -0.3 is 15.4 Å². The zero-order chi connectivity index (χ0) is 16.8. The first-order valence-electron chi connectivity index (χ1n) is 7.15. The number of hydrogen-bond donors (Lipinski definition) is 2. The van der Waals surface area contributed by atoms with Crippen molar-refractivity contribution >= 4 is 17.5 Å². The number of amides is 2. The summed E-state index contributed by atoms with van der Waals surface area (Å²) < 4.78 is 4.94. The first kappa shape index (κ1) is 16.5. The molecule has 2 aromatic rings. The van der Waals surface area contributed by atoms with Crippen molar-refractivity contribution in [2.24, 2.45) is 0 Å². The molecule has 120 valence electrons. The molecular formula is C17H19N3O3. The number of methoxy groups -OCH3 is 1. The van der Waals surface area contributed by atoms with E-state index in [1.807, 2.05) is 19.9 Å². The molecule has 23 heavy (non-hydrogen) atoms. The Hall–Kier alpha value is -2.89. The molecule has 0 aliphatic rings. The number of pyridine rings is 1. The second-order valence-corrected chi connectivity index (χ2v) is 5.12. The molecule has 2 rings (SSSR count). The highest BCUT2D eigenvalue weighted by atomic mass is 16.5. The van der Waals surface area contributed by atoms with Crippen molar-refractivity contribution in [3.63, 3.8) is 0 Å². The van der Waals surface area contributed by atoms with Crippen LogP contribution in [0, 0.1) is 13.8 Å². The topological polar surface area (TPSA) is 80.3 Å². The zero-order valence-corrected chi connectivity index (χ0v) is 13.3. The van der Waals surface area contributed by atoms with Crippen LogP contribution in [0.15, 0.2) is 36.5 Å². The molecule has 0 aliphatic carbocycles. The van der Waals surface area contributed by atoms with E-state index in [0.29, 0.717) is 17.1 Å². The SMILES string of the molecule is COc1ccc(NC(=O)CNC(=O)c2ccc(C)c(C)c2)cn1. The lowest BCUT2D eigenvalue weighted by Crippen LogP contribution is -2.32. The van der Waals surface area contributed by atoms with Gasteiger partial charge in [-0.25, -0.2) is 4.98 Å². The highest BCUT2D eigenvalue weighted by molar-refractivity contribution is 5.99. The standard InChI is InChI=1S/C17H19N3O3/c1-11-4-5-13(8-12(11)2)17(22)19-10-15(21)20-14-6-7-16(23-3)18-9-14/h4-9H,10H2,1-3H3,(H,19,22)(H,20,21). The minimum absolute atomic E-state index is 0.113. The minimum atomic E-state index is -0.325. The summed E-state index contributed by atoms with van der Waals surface area (Å²) in [7, 11) is 1.52. The average molecular weight is 313 g/mol. The van der Waals surface area contributed by atoms with E-state index >= 15 is 0 Å². The molecule has 2 amide bonds. The van der Waals surface area contributed by atoms with Gasteiger partial charge in [0.1, 0.15) is 0 Å². The lowest BCUT2D eigenvalue weighted by atomic mass is 10.1. The second kappa shape index (κ2) is 7.40. The van der Waals surface area contributed by atoms with Crippen LogP contribution in [-0.2, 0) is 4.79 Å². The van der Waals surface area contributed by atoms with Crippen molar-refractivity contribution in [2.45, 2.75) is 13.8 Å². The predicted octanol–water partition coefficient (Wildman–Crippen LogP) is 2.08. The summed E-state index contributed by atoms with van der Waals surface area (Å²) in [5, 5.41) is 5.24. The third-order valence-electron chi connectivity index (χ3n) is 3.41. The van der Waals surface area contributed by atoms with Gasteiger partial charge in [0.15, 0.2) is 0 Å². The van der Waals surface area contributed by atoms with E-state index in [2.05, 4.69) is 15.6 Å². The molecule has 6 nitrogen and oxygen atoms in total. The largest absolute Gasteiger partial charge is 0.481 e. The molecule has 1 aromatic heterocycles. The van der Waals surface area contributed by atoms with Gasteiger partial charge in [-0.05, 0) is 43.2 Å². The van der Waals surface area contributed by atoms with Crippen molar-refractivity contribution in [1.82, 2.24) is 10.3 Å². The Kier molecular flexibility index (Phi) is 5.30. The Balaban J connectivity index is 1.87. The van der Waals surface area contributed by atoms with Crippen LogP contribution in [0.5, 0.6) is 5.88 Å². The van der Waals surface area contributed by atoms with Crippen LogP contribution in [0.4, 0.5) is 5.69 Å². The predicted molar refractivity (Wildman–Crippen MR) is 87.7 cm³/mol. The van der Waals surface area contributed by atoms with Gasteiger partial charge in [0.25, 0.3) is 5.91 Å². The number of nitrogens with one attached hydrogen (secondary N) is 2. The Morgan fingerprint density at radius 2 is 1.91 bits per heavy atom. The maximum Gasteiger partial charge on any atom is 0.251 e. The second-order valence-electron chi connectivity index (χ2n) is 5.12. The van der Waals surface area contributed by atoms with Gasteiger partial charge in [-0.15, -0.1) is 0 Å². The number of hydrogen-bond acceptors (Lipinski definition) is 4. The molecule has 0 bridgehead atoms. The molecule has 2 N–H and O–H groups in total. The number of anilines is 1. The number of carbonyl (C=O) groups is 2. The maximum atomic E-state index is 12.0. The van der Waals surface area contributed by atoms with Crippen molar-refractivity contribution in [3.05, 3.63) is 53.2 Å². The van der Waals surface area contributed by atoms with Gasteiger partial charge in [-0.2, -0.15) is 0 Å². The van der Waals surface area contributed by atoms with Crippen LogP contribution >= 0.6 is 0 Å². The fourth-order valence-electron chi connectivity index (χ4n) is 1.93. The fourth-order valence-corrected chi connectivity index (χ4v) is 1.93. The highest BCUT2D eigenvalue weighted by Gasteiger charge is 2.09. The van der Waals surface area contributed by atoms with Crippen molar-refractivity contribution < 1.29 is 14.3 Å². The number of aromatic nitrogens is 1. The number of carbonyl (C=O) groups excluding carboxylic acids is 2. The number of nitrogens with zero attached hydrogens (tertiary/aromatic N) is 1. The molecule has 0 spiro atoms. The monoisotopic (exact) mass is 313 g/mol. The lowest BCUT2D eigenvalue weighted by molar-refractivity contribution is -0.115. The summed E-state index contributed by atoms with van der Waals surface area (Å²) in [6.45, 7) is 3.81. The van der Waals surface area contributed by atoms with E-state index in [0.717, 1.165) is 11.1 Å². The fraction of sp³-hybridized carbons (Fsp3) is 0.235. The molecule has 0 atom stereocenters. The normalized spacial score (nSPS) is 10.0. The van der Waals surface area contributed by atoms with Crippen molar-refractivity contribution in [2.75, 3.05) is 19.0 Å². The quantitative estimate of drug-likeness (QED) is 0.885. The third-order valence-corrected chi connectivity index (χ3v) is 3.41.